The van der Waals surface area contributed by atoms with E-state index < -0.39 is 5.82 Å². The first-order valence-electron chi connectivity index (χ1n) is 4.43. The molecule has 1 aliphatic heterocycles. The molecule has 14 heavy (non-hydrogen) atoms. The second-order valence-electron chi connectivity index (χ2n) is 3.27. The second-order valence-corrected chi connectivity index (χ2v) is 3.68. The van der Waals surface area contributed by atoms with Crippen LogP contribution >= 0.6 is 11.6 Å². The molecule has 0 aliphatic carbocycles. The highest BCUT2D eigenvalue weighted by Gasteiger charge is 2.23. The number of amides is 1. The van der Waals surface area contributed by atoms with E-state index in [2.05, 4.69) is 0 Å². The standard InChI is InChI=1S/C10H9ClFNO/c11-9-3-2-7(12)6-8(9)10(14)13-4-1-5-13/h2-3,6H,1,4-5H2. The SMILES string of the molecule is O=C(c1cc(F)ccc1Cl)N1CCC1. The molecular weight excluding hydrogens is 205 g/mol. The predicted molar refractivity (Wildman–Crippen MR) is 51.9 cm³/mol. The minimum atomic E-state index is -0.432. The van der Waals surface area contributed by atoms with Gasteiger partial charge < -0.3 is 4.90 Å². The fraction of sp³-hybridized carbons (Fsp3) is 0.300. The van der Waals surface area contributed by atoms with Crippen LogP contribution in [-0.4, -0.2) is 23.9 Å². The molecule has 1 amide bonds. The van der Waals surface area contributed by atoms with E-state index in [0.29, 0.717) is 5.02 Å². The number of halogens is 2. The van der Waals surface area contributed by atoms with Crippen molar-refractivity contribution in [1.82, 2.24) is 4.90 Å². The Morgan fingerprint density at radius 2 is 2.14 bits per heavy atom. The van der Waals surface area contributed by atoms with Crippen molar-refractivity contribution in [3.8, 4) is 0 Å². The zero-order chi connectivity index (χ0) is 10.1. The Balaban J connectivity index is 2.29. The zero-order valence-electron chi connectivity index (χ0n) is 7.46. The van der Waals surface area contributed by atoms with E-state index in [1.54, 1.807) is 4.90 Å². The molecule has 0 atom stereocenters. The molecule has 4 heteroatoms. The van der Waals surface area contributed by atoms with Gasteiger partial charge in [0.05, 0.1) is 10.6 Å². The number of carbonyl (C=O) groups excluding carboxylic acids is 1. The van der Waals surface area contributed by atoms with Gasteiger partial charge in [-0.05, 0) is 24.6 Å². The molecule has 1 aromatic carbocycles. The van der Waals surface area contributed by atoms with Gasteiger partial charge in [0, 0.05) is 13.1 Å². The Morgan fingerprint density at radius 1 is 1.43 bits per heavy atom. The predicted octanol–water partition coefficient (Wildman–Crippen LogP) is 2.33. The molecule has 2 nitrogen and oxygen atoms in total. The van der Waals surface area contributed by atoms with Crippen LogP contribution in [0, 0.1) is 5.82 Å². The van der Waals surface area contributed by atoms with Crippen molar-refractivity contribution in [2.24, 2.45) is 0 Å². The van der Waals surface area contributed by atoms with Crippen molar-refractivity contribution in [2.45, 2.75) is 6.42 Å². The number of hydrogen-bond donors (Lipinski definition) is 0. The smallest absolute Gasteiger partial charge is 0.255 e. The highest BCUT2D eigenvalue weighted by atomic mass is 35.5. The van der Waals surface area contributed by atoms with Crippen LogP contribution in [0.2, 0.25) is 5.02 Å². The molecule has 1 saturated heterocycles. The van der Waals surface area contributed by atoms with Crippen LogP contribution in [0.15, 0.2) is 18.2 Å². The van der Waals surface area contributed by atoms with Gasteiger partial charge in [-0.25, -0.2) is 4.39 Å². The lowest BCUT2D eigenvalue weighted by molar-refractivity contribution is 0.0651. The van der Waals surface area contributed by atoms with E-state index in [-0.39, 0.29) is 11.5 Å². The molecule has 74 valence electrons. The Morgan fingerprint density at radius 3 is 2.71 bits per heavy atom. The van der Waals surface area contributed by atoms with E-state index >= 15 is 0 Å². The molecule has 0 unspecified atom stereocenters. The number of rotatable bonds is 1. The molecule has 1 fully saturated rings. The lowest BCUT2D eigenvalue weighted by Gasteiger charge is -2.31. The zero-order valence-corrected chi connectivity index (χ0v) is 8.22. The maximum absolute atomic E-state index is 12.9. The number of benzene rings is 1. The summed E-state index contributed by atoms with van der Waals surface area (Å²) in [7, 11) is 0. The highest BCUT2D eigenvalue weighted by Crippen LogP contribution is 2.21. The van der Waals surface area contributed by atoms with Crippen LogP contribution in [0.3, 0.4) is 0 Å². The minimum absolute atomic E-state index is 0.180. The van der Waals surface area contributed by atoms with Crippen LogP contribution in [-0.2, 0) is 0 Å². The number of nitrogens with zero attached hydrogens (tertiary/aromatic N) is 1. The summed E-state index contributed by atoms with van der Waals surface area (Å²) >= 11 is 5.80. The first-order valence-corrected chi connectivity index (χ1v) is 4.80. The highest BCUT2D eigenvalue weighted by molar-refractivity contribution is 6.33. The normalized spacial score (nSPS) is 15.1. The topological polar surface area (TPSA) is 20.3 Å². The van der Waals surface area contributed by atoms with Crippen LogP contribution in [0.4, 0.5) is 4.39 Å². The molecule has 0 bridgehead atoms. The van der Waals surface area contributed by atoms with Crippen molar-refractivity contribution in [2.75, 3.05) is 13.1 Å². The Kier molecular flexibility index (Phi) is 2.42. The summed E-state index contributed by atoms with van der Waals surface area (Å²) in [5.74, 6) is -0.612. The maximum Gasteiger partial charge on any atom is 0.255 e. The molecule has 0 saturated carbocycles. The Labute approximate surface area is 86.3 Å². The summed E-state index contributed by atoms with van der Waals surface area (Å²) in [6, 6.07) is 3.84. The van der Waals surface area contributed by atoms with Gasteiger partial charge in [-0.1, -0.05) is 11.6 Å². The van der Waals surface area contributed by atoms with Crippen LogP contribution in [0.5, 0.6) is 0 Å². The van der Waals surface area contributed by atoms with Gasteiger partial charge in [0.25, 0.3) is 5.91 Å². The third-order valence-electron chi connectivity index (χ3n) is 2.30. The number of hydrogen-bond acceptors (Lipinski definition) is 1. The number of likely N-dealkylation sites (tertiary alicyclic amines) is 1. The molecule has 1 heterocycles. The van der Waals surface area contributed by atoms with Gasteiger partial charge in [0.15, 0.2) is 0 Å². The minimum Gasteiger partial charge on any atom is -0.338 e. The van der Waals surface area contributed by atoms with E-state index in [1.165, 1.54) is 18.2 Å². The molecule has 0 N–H and O–H groups in total. The van der Waals surface area contributed by atoms with Gasteiger partial charge in [0.2, 0.25) is 0 Å². The first-order chi connectivity index (χ1) is 6.68. The van der Waals surface area contributed by atoms with Crippen molar-refractivity contribution in [3.05, 3.63) is 34.6 Å². The Hall–Kier alpha value is -1.09. The molecular formula is C10H9ClFNO. The van der Waals surface area contributed by atoms with Crippen LogP contribution < -0.4 is 0 Å². The van der Waals surface area contributed by atoms with Gasteiger partial charge >= 0.3 is 0 Å². The molecule has 0 aromatic heterocycles. The quantitative estimate of drug-likeness (QED) is 0.701. The lowest BCUT2D eigenvalue weighted by Crippen LogP contribution is -2.42. The van der Waals surface area contributed by atoms with E-state index in [9.17, 15) is 9.18 Å². The average molecular weight is 214 g/mol. The molecule has 1 aliphatic rings. The summed E-state index contributed by atoms with van der Waals surface area (Å²) in [5, 5.41) is 0.309. The molecule has 1 aromatic rings. The monoisotopic (exact) mass is 213 g/mol. The third-order valence-corrected chi connectivity index (χ3v) is 2.63. The van der Waals surface area contributed by atoms with Crippen molar-refractivity contribution in [3.63, 3.8) is 0 Å². The van der Waals surface area contributed by atoms with Gasteiger partial charge in [-0.2, -0.15) is 0 Å². The molecule has 0 radical (unpaired) electrons. The fourth-order valence-electron chi connectivity index (χ4n) is 1.35. The summed E-state index contributed by atoms with van der Waals surface area (Å²) in [4.78, 5) is 13.3. The summed E-state index contributed by atoms with van der Waals surface area (Å²) in [6.07, 6.45) is 1.01. The second kappa shape index (κ2) is 3.58. The van der Waals surface area contributed by atoms with Gasteiger partial charge in [-0.15, -0.1) is 0 Å². The maximum atomic E-state index is 12.9. The van der Waals surface area contributed by atoms with Crippen molar-refractivity contribution >= 4 is 17.5 Å². The third kappa shape index (κ3) is 1.60. The summed E-state index contributed by atoms with van der Waals surface area (Å²) < 4.78 is 12.9. The van der Waals surface area contributed by atoms with Gasteiger partial charge in [0.1, 0.15) is 5.82 Å². The first kappa shape index (κ1) is 9.46. The lowest BCUT2D eigenvalue weighted by atomic mass is 10.1. The largest absolute Gasteiger partial charge is 0.338 e. The van der Waals surface area contributed by atoms with Crippen molar-refractivity contribution in [1.29, 1.82) is 0 Å². The van der Waals surface area contributed by atoms with E-state index in [4.69, 9.17) is 11.6 Å². The number of carbonyl (C=O) groups is 1. The fourth-order valence-corrected chi connectivity index (χ4v) is 1.55. The van der Waals surface area contributed by atoms with Gasteiger partial charge in [-0.3, -0.25) is 4.79 Å². The molecule has 0 spiro atoms. The summed E-state index contributed by atoms with van der Waals surface area (Å²) in [6.45, 7) is 1.48. The van der Waals surface area contributed by atoms with E-state index in [0.717, 1.165) is 19.5 Å². The molecule has 2 rings (SSSR count). The van der Waals surface area contributed by atoms with Crippen LogP contribution in [0.25, 0.3) is 0 Å². The average Bonchev–Trinajstić information content (AvgIpc) is 2.06. The summed E-state index contributed by atoms with van der Waals surface area (Å²) in [5.41, 5.74) is 0.256. The van der Waals surface area contributed by atoms with Crippen molar-refractivity contribution < 1.29 is 9.18 Å². The van der Waals surface area contributed by atoms with E-state index in [1.807, 2.05) is 0 Å². The van der Waals surface area contributed by atoms with Crippen LogP contribution in [0.1, 0.15) is 16.8 Å². The Bertz CT molecular complexity index is 376.